The van der Waals surface area contributed by atoms with Crippen molar-refractivity contribution in [2.45, 2.75) is 19.3 Å². The SMILES string of the molecule is N#Cc1cc(-c2ccn3nc(NC(=O)C4CC4)cc3c2)c(OC[C@H]2CCNC2)cn1. The lowest BCUT2D eigenvalue weighted by Crippen LogP contribution is -2.15. The summed E-state index contributed by atoms with van der Waals surface area (Å²) in [5, 5.41) is 19.9. The summed E-state index contributed by atoms with van der Waals surface area (Å²) in [6.45, 7) is 2.58. The van der Waals surface area contributed by atoms with Crippen molar-refractivity contribution in [2.24, 2.45) is 11.8 Å². The number of rotatable bonds is 6. The largest absolute Gasteiger partial charge is 0.491 e. The van der Waals surface area contributed by atoms with Crippen molar-refractivity contribution in [3.05, 3.63) is 42.4 Å². The molecule has 1 saturated heterocycles. The topological polar surface area (TPSA) is 104 Å². The number of amides is 1. The highest BCUT2D eigenvalue weighted by atomic mass is 16.5. The number of carbonyl (C=O) groups is 1. The molecule has 30 heavy (non-hydrogen) atoms. The van der Waals surface area contributed by atoms with Gasteiger partial charge in [0, 0.05) is 36.2 Å². The number of anilines is 1. The minimum atomic E-state index is 0.0310. The highest BCUT2D eigenvalue weighted by molar-refractivity contribution is 5.93. The Morgan fingerprint density at radius 2 is 2.23 bits per heavy atom. The number of hydrogen-bond acceptors (Lipinski definition) is 6. The van der Waals surface area contributed by atoms with Crippen molar-refractivity contribution >= 4 is 17.2 Å². The van der Waals surface area contributed by atoms with Crippen LogP contribution in [-0.4, -0.2) is 40.2 Å². The first-order valence-corrected chi connectivity index (χ1v) is 10.2. The summed E-state index contributed by atoms with van der Waals surface area (Å²) in [7, 11) is 0. The van der Waals surface area contributed by atoms with Crippen LogP contribution in [0.4, 0.5) is 5.82 Å². The molecule has 0 unspecified atom stereocenters. The van der Waals surface area contributed by atoms with Crippen LogP contribution in [0.5, 0.6) is 5.75 Å². The van der Waals surface area contributed by atoms with Crippen LogP contribution in [0.2, 0.25) is 0 Å². The lowest BCUT2D eigenvalue weighted by Gasteiger charge is -2.14. The van der Waals surface area contributed by atoms with Crippen LogP contribution in [-0.2, 0) is 4.79 Å². The number of pyridine rings is 2. The summed E-state index contributed by atoms with van der Waals surface area (Å²) in [6.07, 6.45) is 6.46. The molecular formula is C22H22N6O2. The van der Waals surface area contributed by atoms with Gasteiger partial charge >= 0.3 is 0 Å². The van der Waals surface area contributed by atoms with E-state index in [9.17, 15) is 10.1 Å². The first-order chi connectivity index (χ1) is 14.7. The minimum Gasteiger partial charge on any atom is -0.491 e. The second-order valence-corrected chi connectivity index (χ2v) is 7.93. The molecule has 2 aliphatic rings. The van der Waals surface area contributed by atoms with Gasteiger partial charge in [0.15, 0.2) is 5.82 Å². The molecule has 8 nitrogen and oxygen atoms in total. The van der Waals surface area contributed by atoms with Crippen LogP contribution >= 0.6 is 0 Å². The zero-order valence-electron chi connectivity index (χ0n) is 16.5. The number of hydrogen-bond donors (Lipinski definition) is 2. The Bertz CT molecular complexity index is 1140. The van der Waals surface area contributed by atoms with E-state index in [1.54, 1.807) is 16.8 Å². The van der Waals surface area contributed by atoms with Crippen LogP contribution < -0.4 is 15.4 Å². The van der Waals surface area contributed by atoms with E-state index in [0.29, 0.717) is 29.8 Å². The molecule has 1 amide bonds. The zero-order valence-corrected chi connectivity index (χ0v) is 16.5. The predicted molar refractivity (Wildman–Crippen MR) is 111 cm³/mol. The summed E-state index contributed by atoms with van der Waals surface area (Å²) in [5.74, 6) is 1.84. The molecule has 0 spiro atoms. The van der Waals surface area contributed by atoms with E-state index in [2.05, 4.69) is 26.8 Å². The predicted octanol–water partition coefficient (Wildman–Crippen LogP) is 2.60. The fourth-order valence-electron chi connectivity index (χ4n) is 3.71. The van der Waals surface area contributed by atoms with Gasteiger partial charge in [0.1, 0.15) is 17.5 Å². The van der Waals surface area contributed by atoms with E-state index in [1.807, 2.05) is 24.4 Å². The Balaban J connectivity index is 1.43. The number of carbonyl (C=O) groups excluding carboxylic acids is 1. The third-order valence-corrected chi connectivity index (χ3v) is 5.59. The second-order valence-electron chi connectivity index (χ2n) is 7.93. The van der Waals surface area contributed by atoms with Gasteiger partial charge in [-0.25, -0.2) is 9.50 Å². The van der Waals surface area contributed by atoms with E-state index >= 15 is 0 Å². The van der Waals surface area contributed by atoms with Gasteiger partial charge in [0.25, 0.3) is 0 Å². The molecule has 0 aromatic carbocycles. The highest BCUT2D eigenvalue weighted by Gasteiger charge is 2.30. The maximum atomic E-state index is 12.0. The number of fused-ring (bicyclic) bond motifs is 1. The van der Waals surface area contributed by atoms with Crippen molar-refractivity contribution in [3.8, 4) is 22.9 Å². The first kappa shape index (κ1) is 18.6. The number of nitrogens with zero attached hydrogens (tertiary/aromatic N) is 4. The van der Waals surface area contributed by atoms with Crippen molar-refractivity contribution < 1.29 is 9.53 Å². The first-order valence-electron chi connectivity index (χ1n) is 10.2. The number of nitrogens with one attached hydrogen (secondary N) is 2. The molecule has 152 valence electrons. The Kier molecular flexibility index (Phi) is 4.81. The van der Waals surface area contributed by atoms with Gasteiger partial charge in [0.05, 0.1) is 18.3 Å². The maximum absolute atomic E-state index is 12.0. The van der Waals surface area contributed by atoms with E-state index in [1.165, 1.54) is 0 Å². The van der Waals surface area contributed by atoms with E-state index in [4.69, 9.17) is 4.74 Å². The molecule has 0 radical (unpaired) electrons. The van der Waals surface area contributed by atoms with E-state index in [-0.39, 0.29) is 11.8 Å². The molecule has 1 aliphatic heterocycles. The van der Waals surface area contributed by atoms with E-state index < -0.39 is 0 Å². The van der Waals surface area contributed by atoms with Gasteiger partial charge in [-0.3, -0.25) is 4.79 Å². The number of aromatic nitrogens is 3. The molecule has 0 bridgehead atoms. The van der Waals surface area contributed by atoms with Crippen molar-refractivity contribution in [3.63, 3.8) is 0 Å². The molecule has 1 atom stereocenters. The molecule has 3 aromatic rings. The second kappa shape index (κ2) is 7.76. The third kappa shape index (κ3) is 3.84. The molecule has 1 aliphatic carbocycles. The Labute approximate surface area is 173 Å². The lowest BCUT2D eigenvalue weighted by molar-refractivity contribution is -0.117. The van der Waals surface area contributed by atoms with Crippen LogP contribution in [0.1, 0.15) is 25.0 Å². The summed E-state index contributed by atoms with van der Waals surface area (Å²) >= 11 is 0. The standard InChI is InChI=1S/C22H22N6O2/c23-10-17-8-19(20(12-25-17)30-13-14-3-5-24-11-14)16-4-6-28-18(7-16)9-21(27-28)26-22(29)15-1-2-15/h4,6-9,12,14-15,24H,1-3,5,11,13H2,(H,26,27,29)/t14-/m0/s1. The van der Waals surface area contributed by atoms with Gasteiger partial charge in [-0.2, -0.15) is 10.4 Å². The lowest BCUT2D eigenvalue weighted by atomic mass is 10.1. The van der Waals surface area contributed by atoms with Crippen LogP contribution in [0, 0.1) is 23.2 Å². The van der Waals surface area contributed by atoms with Crippen LogP contribution in [0.25, 0.3) is 16.6 Å². The molecule has 4 heterocycles. The zero-order chi connectivity index (χ0) is 20.5. The summed E-state index contributed by atoms with van der Waals surface area (Å²) < 4.78 is 7.81. The van der Waals surface area contributed by atoms with Crippen molar-refractivity contribution in [1.82, 2.24) is 19.9 Å². The minimum absolute atomic E-state index is 0.0310. The van der Waals surface area contributed by atoms with Crippen LogP contribution in [0.15, 0.2) is 36.7 Å². The monoisotopic (exact) mass is 402 g/mol. The maximum Gasteiger partial charge on any atom is 0.228 e. The smallest absolute Gasteiger partial charge is 0.228 e. The fourth-order valence-corrected chi connectivity index (χ4v) is 3.71. The molecule has 1 saturated carbocycles. The molecule has 5 rings (SSSR count). The molecule has 3 aromatic heterocycles. The van der Waals surface area contributed by atoms with E-state index in [0.717, 1.165) is 49.0 Å². The van der Waals surface area contributed by atoms with Crippen molar-refractivity contribution in [1.29, 1.82) is 5.26 Å². The number of nitriles is 1. The van der Waals surface area contributed by atoms with Gasteiger partial charge in [-0.05, 0) is 49.6 Å². The normalized spacial score (nSPS) is 18.3. The molecular weight excluding hydrogens is 380 g/mol. The molecule has 8 heteroatoms. The molecule has 2 N–H and O–H groups in total. The highest BCUT2D eigenvalue weighted by Crippen LogP contribution is 2.33. The summed E-state index contributed by atoms with van der Waals surface area (Å²) in [6, 6.07) is 9.59. The van der Waals surface area contributed by atoms with Gasteiger partial charge in [0.2, 0.25) is 5.91 Å². The number of ether oxygens (including phenoxy) is 1. The Morgan fingerprint density at radius 1 is 1.33 bits per heavy atom. The third-order valence-electron chi connectivity index (χ3n) is 5.59. The Morgan fingerprint density at radius 3 is 3.00 bits per heavy atom. The van der Waals surface area contributed by atoms with Gasteiger partial charge < -0.3 is 15.4 Å². The van der Waals surface area contributed by atoms with Crippen LogP contribution in [0.3, 0.4) is 0 Å². The Hall–Kier alpha value is -3.44. The average molecular weight is 402 g/mol. The van der Waals surface area contributed by atoms with Gasteiger partial charge in [-0.1, -0.05) is 0 Å². The summed E-state index contributed by atoms with van der Waals surface area (Å²) in [5.41, 5.74) is 2.91. The van der Waals surface area contributed by atoms with Crippen molar-refractivity contribution in [2.75, 3.05) is 25.0 Å². The van der Waals surface area contributed by atoms with Gasteiger partial charge in [-0.15, -0.1) is 0 Å². The average Bonchev–Trinajstić information content (AvgIpc) is 3.34. The fraction of sp³-hybridized carbons (Fsp3) is 0.364. The summed E-state index contributed by atoms with van der Waals surface area (Å²) in [4.78, 5) is 16.2. The quantitative estimate of drug-likeness (QED) is 0.657. The molecule has 2 fully saturated rings.